The van der Waals surface area contributed by atoms with E-state index in [1.165, 1.54) is 0 Å². The fraction of sp³-hybridized carbons (Fsp3) is 0.571. The molecule has 0 bridgehead atoms. The third-order valence-electron chi connectivity index (χ3n) is 9.08. The molecule has 0 aliphatic rings. The molecule has 1 amide bonds. The van der Waals surface area contributed by atoms with Gasteiger partial charge in [-0.05, 0) is 85.9 Å². The number of benzene rings is 2. The van der Waals surface area contributed by atoms with E-state index < -0.39 is 28.7 Å². The SMILES string of the molecule is CC.[C-]#[N+]c1ccc(C[C@@H](C(=O)NCC(=O)c2ccc(O[Si](C)(C)C(C)(C)C)c(Cl)c2)[C@H](C)O[Si](C)(C)C(C)(C)C)c(C)c1Cl. The Balaban J connectivity index is 0.00000496. The summed E-state index contributed by atoms with van der Waals surface area (Å²) in [4.78, 5) is 30.3. The van der Waals surface area contributed by atoms with Crippen LogP contribution in [0.4, 0.5) is 5.69 Å². The molecule has 0 saturated heterocycles. The fourth-order valence-corrected chi connectivity index (χ4v) is 7.03. The molecule has 0 fully saturated rings. The average molecular weight is 694 g/mol. The third kappa shape index (κ3) is 10.7. The van der Waals surface area contributed by atoms with Gasteiger partial charge >= 0.3 is 0 Å². The number of nitrogens with one attached hydrogen (secondary N) is 1. The quantitative estimate of drug-likeness (QED) is 0.144. The van der Waals surface area contributed by atoms with Crippen LogP contribution < -0.4 is 9.74 Å². The molecule has 0 heterocycles. The van der Waals surface area contributed by atoms with Crippen LogP contribution in [0.25, 0.3) is 4.85 Å². The van der Waals surface area contributed by atoms with E-state index in [1.54, 1.807) is 24.3 Å². The van der Waals surface area contributed by atoms with Crippen molar-refractivity contribution < 1.29 is 18.4 Å². The third-order valence-corrected chi connectivity index (χ3v) is 18.8. The second-order valence-electron chi connectivity index (χ2n) is 14.3. The van der Waals surface area contributed by atoms with Gasteiger partial charge in [-0.2, -0.15) is 0 Å². The molecule has 0 saturated carbocycles. The van der Waals surface area contributed by atoms with Gasteiger partial charge in [0.2, 0.25) is 11.6 Å². The van der Waals surface area contributed by atoms with Crippen LogP contribution in [-0.2, 0) is 15.6 Å². The first-order valence-electron chi connectivity index (χ1n) is 15.6. The van der Waals surface area contributed by atoms with Crippen molar-refractivity contribution in [2.24, 2.45) is 5.92 Å². The molecule has 0 aliphatic carbocycles. The highest BCUT2D eigenvalue weighted by molar-refractivity contribution is 6.75. The van der Waals surface area contributed by atoms with Gasteiger partial charge in [0.1, 0.15) is 5.75 Å². The summed E-state index contributed by atoms with van der Waals surface area (Å²) >= 11 is 13.0. The van der Waals surface area contributed by atoms with Gasteiger partial charge in [0.05, 0.1) is 35.2 Å². The van der Waals surface area contributed by atoms with E-state index in [0.29, 0.717) is 33.5 Å². The van der Waals surface area contributed by atoms with Crippen molar-refractivity contribution in [3.8, 4) is 5.75 Å². The van der Waals surface area contributed by atoms with Gasteiger partial charge in [-0.15, -0.1) is 0 Å². The van der Waals surface area contributed by atoms with Crippen LogP contribution in [0.1, 0.15) is 83.8 Å². The second-order valence-corrected chi connectivity index (χ2v) is 24.6. The molecule has 250 valence electrons. The number of halogens is 2. The average Bonchev–Trinajstić information content (AvgIpc) is 2.92. The van der Waals surface area contributed by atoms with Crippen molar-refractivity contribution in [2.45, 2.75) is 118 Å². The normalized spacial score (nSPS) is 13.6. The Kier molecular flexibility index (Phi) is 14.6. The molecular weight excluding hydrogens is 639 g/mol. The maximum Gasteiger partial charge on any atom is 0.250 e. The summed E-state index contributed by atoms with van der Waals surface area (Å²) in [5.41, 5.74) is 2.39. The molecule has 0 spiro atoms. The Morgan fingerprint density at radius 1 is 0.956 bits per heavy atom. The van der Waals surface area contributed by atoms with Gasteiger partial charge in [-0.25, -0.2) is 4.85 Å². The molecule has 2 atom stereocenters. The van der Waals surface area contributed by atoms with E-state index >= 15 is 0 Å². The molecule has 0 unspecified atom stereocenters. The first-order valence-corrected chi connectivity index (χ1v) is 22.2. The fourth-order valence-electron chi connectivity index (χ4n) is 4.04. The van der Waals surface area contributed by atoms with Crippen LogP contribution in [0, 0.1) is 19.4 Å². The largest absolute Gasteiger partial charge is 0.543 e. The molecule has 0 radical (unpaired) electrons. The number of carbonyl (C=O) groups is 2. The molecule has 2 aromatic rings. The van der Waals surface area contributed by atoms with E-state index in [4.69, 9.17) is 38.6 Å². The van der Waals surface area contributed by atoms with Crippen LogP contribution in [0.15, 0.2) is 30.3 Å². The smallest absolute Gasteiger partial charge is 0.250 e. The zero-order valence-electron chi connectivity index (χ0n) is 29.8. The second kappa shape index (κ2) is 16.1. The zero-order chi connectivity index (χ0) is 35.1. The standard InChI is InChI=1S/C33H48Cl2N2O4Si2.C2H6/c1-21-23(14-16-27(36-9)30(21)35)18-25(22(2)40-42(10,11)32(3,4)5)31(39)37-20-28(38)24-15-17-29(26(34)19-24)41-43(12,13)33(6,7)8;1-2/h14-17,19,22,25H,18,20H2,1-8,10-13H3,(H,37,39);1-2H3/t22-,25+;/m0./s1. The number of ketones is 1. The minimum absolute atomic E-state index is 0.0000518. The first-order chi connectivity index (χ1) is 20.5. The lowest BCUT2D eigenvalue weighted by Crippen LogP contribution is -2.48. The highest BCUT2D eigenvalue weighted by atomic mass is 35.5. The van der Waals surface area contributed by atoms with Crippen LogP contribution in [-0.4, -0.2) is 41.0 Å². The molecule has 0 aromatic heterocycles. The molecular formula is C35H54Cl2N2O4Si2. The monoisotopic (exact) mass is 692 g/mol. The molecule has 10 heteroatoms. The molecule has 1 N–H and O–H groups in total. The molecule has 2 rings (SSSR count). The number of hydrogen-bond acceptors (Lipinski definition) is 4. The van der Waals surface area contributed by atoms with E-state index in [2.05, 4.69) is 77.9 Å². The summed E-state index contributed by atoms with van der Waals surface area (Å²) in [7, 11) is -4.32. The van der Waals surface area contributed by atoms with E-state index in [0.717, 1.165) is 11.1 Å². The topological polar surface area (TPSA) is 69.0 Å². The Bertz CT molecular complexity index is 1390. The number of rotatable bonds is 11. The number of nitrogens with zero attached hydrogens (tertiary/aromatic N) is 1. The summed E-state index contributed by atoms with van der Waals surface area (Å²) in [6, 6.07) is 8.54. The zero-order valence-corrected chi connectivity index (χ0v) is 33.3. The van der Waals surface area contributed by atoms with Gasteiger partial charge in [0, 0.05) is 5.56 Å². The van der Waals surface area contributed by atoms with E-state index in [1.807, 2.05) is 33.8 Å². The van der Waals surface area contributed by atoms with Gasteiger partial charge in [-0.3, -0.25) is 9.59 Å². The molecule has 6 nitrogen and oxygen atoms in total. The van der Waals surface area contributed by atoms with Gasteiger partial charge in [-0.1, -0.05) is 90.7 Å². The molecule has 0 aliphatic heterocycles. The van der Waals surface area contributed by atoms with Crippen LogP contribution in [0.3, 0.4) is 0 Å². The minimum Gasteiger partial charge on any atom is -0.543 e. The van der Waals surface area contributed by atoms with Crippen LogP contribution in [0.2, 0.25) is 46.3 Å². The lowest BCUT2D eigenvalue weighted by molar-refractivity contribution is -0.127. The van der Waals surface area contributed by atoms with Gasteiger partial charge < -0.3 is 14.2 Å². The van der Waals surface area contributed by atoms with Crippen LogP contribution in [0.5, 0.6) is 5.75 Å². The minimum atomic E-state index is -2.21. The molecule has 45 heavy (non-hydrogen) atoms. The first kappa shape index (κ1) is 40.9. The number of carbonyl (C=O) groups excluding carboxylic acids is 2. The summed E-state index contributed by atoms with van der Waals surface area (Å²) < 4.78 is 13.0. The lowest BCUT2D eigenvalue weighted by Gasteiger charge is -2.40. The lowest BCUT2D eigenvalue weighted by atomic mass is 9.91. The van der Waals surface area contributed by atoms with Gasteiger partial charge in [0.25, 0.3) is 8.32 Å². The van der Waals surface area contributed by atoms with E-state index in [-0.39, 0.29) is 28.3 Å². The van der Waals surface area contributed by atoms with Crippen molar-refractivity contribution in [1.29, 1.82) is 0 Å². The number of amides is 1. The van der Waals surface area contributed by atoms with Crippen molar-refractivity contribution in [2.75, 3.05) is 6.54 Å². The maximum atomic E-state index is 13.7. The maximum absolute atomic E-state index is 13.7. The summed E-state index contributed by atoms with van der Waals surface area (Å²) in [6.45, 7) is 36.4. The summed E-state index contributed by atoms with van der Waals surface area (Å²) in [5, 5.41) is 3.56. The van der Waals surface area contributed by atoms with Crippen molar-refractivity contribution in [3.05, 3.63) is 68.5 Å². The Labute approximate surface area is 284 Å². The summed E-state index contributed by atoms with van der Waals surface area (Å²) in [6.07, 6.45) is -0.0683. The van der Waals surface area contributed by atoms with Gasteiger partial charge in [0.15, 0.2) is 14.1 Å². The predicted molar refractivity (Wildman–Crippen MR) is 195 cm³/mol. The summed E-state index contributed by atoms with van der Waals surface area (Å²) in [5.74, 6) is -0.567. The van der Waals surface area contributed by atoms with Crippen LogP contribution >= 0.6 is 23.2 Å². The Hall–Kier alpha value is -2.16. The number of hydrogen-bond donors (Lipinski definition) is 1. The highest BCUT2D eigenvalue weighted by Crippen LogP contribution is 2.40. The van der Waals surface area contributed by atoms with Crippen molar-refractivity contribution >= 4 is 57.2 Å². The number of Topliss-reactive ketones (excluding diaryl/α,β-unsaturated/α-hetero) is 1. The highest BCUT2D eigenvalue weighted by Gasteiger charge is 2.41. The Morgan fingerprint density at radius 3 is 2.00 bits per heavy atom. The van der Waals surface area contributed by atoms with E-state index in [9.17, 15) is 9.59 Å². The van der Waals surface area contributed by atoms with Crippen molar-refractivity contribution in [3.63, 3.8) is 0 Å². The predicted octanol–water partition coefficient (Wildman–Crippen LogP) is 10.8. The molecule has 2 aromatic carbocycles. The Morgan fingerprint density at radius 2 is 1.51 bits per heavy atom. The van der Waals surface area contributed by atoms with Crippen molar-refractivity contribution in [1.82, 2.24) is 5.32 Å².